The zero-order chi connectivity index (χ0) is 16.2. The van der Waals surface area contributed by atoms with Gasteiger partial charge >= 0.3 is 0 Å². The Labute approximate surface area is 140 Å². The summed E-state index contributed by atoms with van der Waals surface area (Å²) in [5.74, 6) is 0.617. The van der Waals surface area contributed by atoms with Crippen LogP contribution in [0.25, 0.3) is 0 Å². The second-order valence-corrected chi connectivity index (χ2v) is 7.29. The van der Waals surface area contributed by atoms with Gasteiger partial charge in [0.05, 0.1) is 18.3 Å². The van der Waals surface area contributed by atoms with E-state index in [1.54, 1.807) is 0 Å². The molecule has 2 aliphatic rings. The summed E-state index contributed by atoms with van der Waals surface area (Å²) in [7, 11) is 0. The number of β-amino-alcohol motifs (C(OH)–C–C–N with tert-alkyl or cyclic N) is 1. The van der Waals surface area contributed by atoms with Gasteiger partial charge in [-0.05, 0) is 38.3 Å². The minimum Gasteiger partial charge on any atom is -0.390 e. The van der Waals surface area contributed by atoms with E-state index in [4.69, 9.17) is 4.74 Å². The second kappa shape index (κ2) is 7.75. The Morgan fingerprint density at radius 2 is 1.70 bits per heavy atom. The van der Waals surface area contributed by atoms with Crippen molar-refractivity contribution < 1.29 is 9.84 Å². The van der Waals surface area contributed by atoms with Crippen LogP contribution in [0.5, 0.6) is 0 Å². The Bertz CT molecular complexity index is 472. The minimum atomic E-state index is -0.276. The van der Waals surface area contributed by atoms with E-state index in [2.05, 4.69) is 54.0 Å². The average molecular weight is 318 g/mol. The molecule has 0 saturated carbocycles. The van der Waals surface area contributed by atoms with Gasteiger partial charge in [-0.1, -0.05) is 30.3 Å². The predicted molar refractivity (Wildman–Crippen MR) is 92.7 cm³/mol. The van der Waals surface area contributed by atoms with Crippen molar-refractivity contribution in [3.63, 3.8) is 0 Å². The summed E-state index contributed by atoms with van der Waals surface area (Å²) >= 11 is 0. The van der Waals surface area contributed by atoms with Crippen LogP contribution in [0.1, 0.15) is 31.7 Å². The van der Waals surface area contributed by atoms with Gasteiger partial charge in [-0.3, -0.25) is 4.90 Å². The molecule has 23 heavy (non-hydrogen) atoms. The minimum absolute atomic E-state index is 0.264. The maximum atomic E-state index is 10.5. The van der Waals surface area contributed by atoms with Gasteiger partial charge in [-0.2, -0.15) is 0 Å². The highest BCUT2D eigenvalue weighted by atomic mass is 16.5. The third-order valence-corrected chi connectivity index (χ3v) is 4.98. The molecule has 4 heteroatoms. The second-order valence-electron chi connectivity index (χ2n) is 7.29. The van der Waals surface area contributed by atoms with Gasteiger partial charge < -0.3 is 14.7 Å². The van der Waals surface area contributed by atoms with Gasteiger partial charge in [-0.15, -0.1) is 0 Å². The molecule has 0 amide bonds. The smallest absolute Gasteiger partial charge is 0.0793 e. The van der Waals surface area contributed by atoms with Crippen LogP contribution in [0, 0.1) is 0 Å². The lowest BCUT2D eigenvalue weighted by atomic mass is 9.99. The summed E-state index contributed by atoms with van der Waals surface area (Å²) in [6, 6.07) is 10.8. The number of hydrogen-bond donors (Lipinski definition) is 1. The number of morpholine rings is 1. The lowest BCUT2D eigenvalue weighted by Crippen LogP contribution is -2.49. The first kappa shape index (κ1) is 16.9. The van der Waals surface area contributed by atoms with E-state index in [1.807, 2.05) is 0 Å². The van der Waals surface area contributed by atoms with Crippen molar-refractivity contribution in [3.8, 4) is 0 Å². The molecule has 0 bridgehead atoms. The van der Waals surface area contributed by atoms with Crippen molar-refractivity contribution in [1.29, 1.82) is 0 Å². The van der Waals surface area contributed by atoms with Crippen LogP contribution in [0.4, 0.5) is 0 Å². The SMILES string of the molecule is CC1CN(CC(O)CN2CCC(c3ccccc3)C2)CC(C)O1. The van der Waals surface area contributed by atoms with Crippen molar-refractivity contribution in [1.82, 2.24) is 9.80 Å². The molecule has 2 heterocycles. The van der Waals surface area contributed by atoms with Crippen molar-refractivity contribution >= 4 is 0 Å². The fourth-order valence-corrected chi connectivity index (χ4v) is 4.08. The molecule has 1 N–H and O–H groups in total. The third kappa shape index (κ3) is 4.77. The molecule has 4 atom stereocenters. The van der Waals surface area contributed by atoms with Gasteiger partial charge in [-0.25, -0.2) is 0 Å². The summed E-state index contributed by atoms with van der Waals surface area (Å²) in [6.07, 6.45) is 1.45. The number of rotatable bonds is 5. The molecule has 2 aliphatic heterocycles. The zero-order valence-corrected chi connectivity index (χ0v) is 14.4. The highest BCUT2D eigenvalue weighted by Crippen LogP contribution is 2.27. The van der Waals surface area contributed by atoms with Gasteiger partial charge in [0, 0.05) is 32.7 Å². The van der Waals surface area contributed by atoms with Crippen LogP contribution in [0.2, 0.25) is 0 Å². The first-order chi connectivity index (χ1) is 11.1. The highest BCUT2D eigenvalue weighted by Gasteiger charge is 2.27. The molecule has 2 saturated heterocycles. The lowest BCUT2D eigenvalue weighted by molar-refractivity contribution is -0.0777. The van der Waals surface area contributed by atoms with E-state index in [1.165, 1.54) is 12.0 Å². The molecule has 0 spiro atoms. The van der Waals surface area contributed by atoms with E-state index in [9.17, 15) is 5.11 Å². The fraction of sp³-hybridized carbons (Fsp3) is 0.684. The molecular formula is C19H30N2O2. The van der Waals surface area contributed by atoms with Crippen LogP contribution in [-0.4, -0.2) is 72.5 Å². The topological polar surface area (TPSA) is 35.9 Å². The van der Waals surface area contributed by atoms with E-state index >= 15 is 0 Å². The van der Waals surface area contributed by atoms with Crippen LogP contribution in [0.3, 0.4) is 0 Å². The van der Waals surface area contributed by atoms with E-state index in [0.29, 0.717) is 5.92 Å². The largest absolute Gasteiger partial charge is 0.390 e. The zero-order valence-electron chi connectivity index (χ0n) is 14.4. The molecule has 4 unspecified atom stereocenters. The first-order valence-corrected chi connectivity index (χ1v) is 8.93. The number of aliphatic hydroxyl groups is 1. The molecular weight excluding hydrogens is 288 g/mol. The van der Waals surface area contributed by atoms with Crippen LogP contribution in [0.15, 0.2) is 30.3 Å². The molecule has 1 aromatic carbocycles. The van der Waals surface area contributed by atoms with E-state index < -0.39 is 0 Å². The summed E-state index contributed by atoms with van der Waals surface area (Å²) in [6.45, 7) is 9.76. The summed E-state index contributed by atoms with van der Waals surface area (Å²) in [5.41, 5.74) is 1.43. The Hall–Kier alpha value is -0.940. The summed E-state index contributed by atoms with van der Waals surface area (Å²) < 4.78 is 5.76. The molecule has 1 aromatic rings. The van der Waals surface area contributed by atoms with E-state index in [0.717, 1.165) is 39.3 Å². The molecule has 0 aromatic heterocycles. The van der Waals surface area contributed by atoms with Crippen molar-refractivity contribution in [2.24, 2.45) is 0 Å². The normalized spacial score (nSPS) is 31.3. The molecule has 0 aliphatic carbocycles. The average Bonchev–Trinajstić information content (AvgIpc) is 2.95. The Kier molecular flexibility index (Phi) is 5.70. The van der Waals surface area contributed by atoms with Crippen molar-refractivity contribution in [2.75, 3.05) is 39.3 Å². The Morgan fingerprint density at radius 1 is 1.04 bits per heavy atom. The first-order valence-electron chi connectivity index (χ1n) is 8.93. The number of nitrogens with zero attached hydrogens (tertiary/aromatic N) is 2. The Balaban J connectivity index is 1.45. The monoisotopic (exact) mass is 318 g/mol. The van der Waals surface area contributed by atoms with Crippen molar-refractivity contribution in [2.45, 2.75) is 44.5 Å². The maximum Gasteiger partial charge on any atom is 0.0793 e. The number of aliphatic hydroxyl groups excluding tert-OH is 1. The van der Waals surface area contributed by atoms with Crippen molar-refractivity contribution in [3.05, 3.63) is 35.9 Å². The number of hydrogen-bond acceptors (Lipinski definition) is 4. The van der Waals surface area contributed by atoms with Gasteiger partial charge in [0.15, 0.2) is 0 Å². The molecule has 3 rings (SSSR count). The Morgan fingerprint density at radius 3 is 2.39 bits per heavy atom. The van der Waals surface area contributed by atoms with Gasteiger partial charge in [0.1, 0.15) is 0 Å². The standard InChI is InChI=1S/C19H30N2O2/c1-15-10-21(11-16(2)23-15)14-19(22)13-20-9-8-18(12-20)17-6-4-3-5-7-17/h3-7,15-16,18-19,22H,8-14H2,1-2H3. The molecule has 4 nitrogen and oxygen atoms in total. The molecule has 0 radical (unpaired) electrons. The molecule has 128 valence electrons. The summed E-state index contributed by atoms with van der Waals surface area (Å²) in [5, 5.41) is 10.5. The van der Waals surface area contributed by atoms with Crippen LogP contribution >= 0.6 is 0 Å². The van der Waals surface area contributed by atoms with Gasteiger partial charge in [0.25, 0.3) is 0 Å². The quantitative estimate of drug-likeness (QED) is 0.900. The fourth-order valence-electron chi connectivity index (χ4n) is 4.08. The summed E-state index contributed by atoms with van der Waals surface area (Å²) in [4.78, 5) is 4.75. The van der Waals surface area contributed by atoms with Crippen LogP contribution in [-0.2, 0) is 4.74 Å². The number of likely N-dealkylation sites (tertiary alicyclic amines) is 1. The lowest BCUT2D eigenvalue weighted by Gasteiger charge is -2.36. The predicted octanol–water partition coefficient (Wildman–Crippen LogP) is 1.95. The van der Waals surface area contributed by atoms with Gasteiger partial charge in [0.2, 0.25) is 0 Å². The van der Waals surface area contributed by atoms with Crippen LogP contribution < -0.4 is 0 Å². The number of ether oxygens (including phenoxy) is 1. The van der Waals surface area contributed by atoms with E-state index in [-0.39, 0.29) is 18.3 Å². The third-order valence-electron chi connectivity index (χ3n) is 4.98. The number of benzene rings is 1. The maximum absolute atomic E-state index is 10.5. The highest BCUT2D eigenvalue weighted by molar-refractivity contribution is 5.21. The molecule has 2 fully saturated rings.